The zero-order valence-electron chi connectivity index (χ0n) is 11.4. The highest BCUT2D eigenvalue weighted by molar-refractivity contribution is 9.10. The number of nitrogens with one attached hydrogen (secondary N) is 1. The van der Waals surface area contributed by atoms with Gasteiger partial charge in [-0.15, -0.1) is 0 Å². The highest BCUT2D eigenvalue weighted by atomic mass is 79.9. The number of halogens is 1. The number of nitrogens with two attached hydrogens (primary N) is 1. The molecule has 0 aromatic heterocycles. The molecule has 5 nitrogen and oxygen atoms in total. The quantitative estimate of drug-likeness (QED) is 0.729. The second-order valence-corrected chi connectivity index (χ2v) is 7.01. The van der Waals surface area contributed by atoms with Gasteiger partial charge < -0.3 is 5.32 Å². The Balaban J connectivity index is 2.71. The number of carbonyl (C=O) groups excluding carboxylic acids is 1. The van der Waals surface area contributed by atoms with E-state index < -0.39 is 10.0 Å². The number of carbonyl (C=O) groups is 1. The van der Waals surface area contributed by atoms with E-state index in [4.69, 9.17) is 5.14 Å². The molecule has 0 radical (unpaired) electrons. The Labute approximate surface area is 128 Å². The van der Waals surface area contributed by atoms with Crippen LogP contribution in [0.15, 0.2) is 27.6 Å². The molecular formula is C13H19BrN2O3S. The van der Waals surface area contributed by atoms with Crippen LogP contribution in [0.3, 0.4) is 0 Å². The first kappa shape index (κ1) is 17.1. The van der Waals surface area contributed by atoms with Crippen LogP contribution >= 0.6 is 15.9 Å². The van der Waals surface area contributed by atoms with Gasteiger partial charge in [0, 0.05) is 16.6 Å². The Morgan fingerprint density at radius 1 is 1.25 bits per heavy atom. The van der Waals surface area contributed by atoms with Crippen LogP contribution in [0.1, 0.15) is 43.0 Å². The molecule has 1 aromatic rings. The molecule has 0 saturated carbocycles. The number of rotatable bonds is 7. The molecule has 0 saturated heterocycles. The Hall–Kier alpha value is -0.920. The lowest BCUT2D eigenvalue weighted by Gasteiger charge is -2.07. The molecule has 1 rings (SSSR count). The van der Waals surface area contributed by atoms with Crippen molar-refractivity contribution in [3.8, 4) is 0 Å². The van der Waals surface area contributed by atoms with Crippen LogP contribution < -0.4 is 10.5 Å². The first-order valence-electron chi connectivity index (χ1n) is 6.46. The fraction of sp³-hybridized carbons (Fsp3) is 0.462. The molecule has 0 unspecified atom stereocenters. The Morgan fingerprint density at radius 2 is 1.95 bits per heavy atom. The van der Waals surface area contributed by atoms with Gasteiger partial charge in [0.1, 0.15) is 0 Å². The standard InChI is InChI=1S/C13H19BrN2O3S/c1-2-3-4-5-6-16-13(17)10-7-11(14)9-12(8-10)20(15,18)19/h7-9H,2-6H2,1H3,(H,16,17)(H2,15,18,19). The average Bonchev–Trinajstić information content (AvgIpc) is 2.36. The lowest BCUT2D eigenvalue weighted by molar-refractivity contribution is 0.0952. The van der Waals surface area contributed by atoms with Crippen molar-refractivity contribution in [2.75, 3.05) is 6.54 Å². The summed E-state index contributed by atoms with van der Waals surface area (Å²) in [5.74, 6) is -0.298. The maximum Gasteiger partial charge on any atom is 0.251 e. The van der Waals surface area contributed by atoms with Crippen molar-refractivity contribution in [2.45, 2.75) is 37.5 Å². The van der Waals surface area contributed by atoms with E-state index in [0.29, 0.717) is 11.0 Å². The van der Waals surface area contributed by atoms with Gasteiger partial charge in [0.2, 0.25) is 10.0 Å². The Bertz CT molecular complexity index is 573. The van der Waals surface area contributed by atoms with E-state index in [1.807, 2.05) is 0 Å². The van der Waals surface area contributed by atoms with Crippen molar-refractivity contribution in [3.05, 3.63) is 28.2 Å². The summed E-state index contributed by atoms with van der Waals surface area (Å²) < 4.78 is 23.1. The van der Waals surface area contributed by atoms with E-state index in [2.05, 4.69) is 28.2 Å². The summed E-state index contributed by atoms with van der Waals surface area (Å²) in [5.41, 5.74) is 0.277. The van der Waals surface area contributed by atoms with Crippen molar-refractivity contribution < 1.29 is 13.2 Å². The summed E-state index contributed by atoms with van der Waals surface area (Å²) in [5, 5.41) is 7.84. The summed E-state index contributed by atoms with van der Waals surface area (Å²) in [4.78, 5) is 11.9. The number of hydrogen-bond donors (Lipinski definition) is 2. The van der Waals surface area contributed by atoms with Crippen LogP contribution in [-0.2, 0) is 10.0 Å². The van der Waals surface area contributed by atoms with Gasteiger partial charge in [0.15, 0.2) is 0 Å². The molecule has 0 heterocycles. The van der Waals surface area contributed by atoms with Gasteiger partial charge in [0.05, 0.1) is 4.90 Å². The molecule has 1 aromatic carbocycles. The third kappa shape index (κ3) is 5.60. The summed E-state index contributed by atoms with van der Waals surface area (Å²) >= 11 is 3.18. The second kappa shape index (κ2) is 7.75. The highest BCUT2D eigenvalue weighted by Gasteiger charge is 2.13. The van der Waals surface area contributed by atoms with Crippen molar-refractivity contribution in [2.24, 2.45) is 5.14 Å². The molecular weight excluding hydrogens is 344 g/mol. The van der Waals surface area contributed by atoms with Crippen molar-refractivity contribution >= 4 is 31.9 Å². The molecule has 112 valence electrons. The molecule has 0 aliphatic rings. The third-order valence-electron chi connectivity index (χ3n) is 2.78. The van der Waals surface area contributed by atoms with Crippen LogP contribution in [-0.4, -0.2) is 20.9 Å². The first-order chi connectivity index (χ1) is 9.34. The number of unbranched alkanes of at least 4 members (excludes halogenated alkanes) is 3. The lowest BCUT2D eigenvalue weighted by Crippen LogP contribution is -2.25. The summed E-state index contributed by atoms with van der Waals surface area (Å²) in [6.45, 7) is 2.70. The minimum absolute atomic E-state index is 0.0805. The number of amides is 1. The summed E-state index contributed by atoms with van der Waals surface area (Å²) in [7, 11) is -3.82. The molecule has 7 heteroatoms. The van der Waals surface area contributed by atoms with Crippen LogP contribution in [0.5, 0.6) is 0 Å². The van der Waals surface area contributed by atoms with E-state index in [9.17, 15) is 13.2 Å². The molecule has 20 heavy (non-hydrogen) atoms. The van der Waals surface area contributed by atoms with Gasteiger partial charge in [0.25, 0.3) is 5.91 Å². The molecule has 0 atom stereocenters. The second-order valence-electron chi connectivity index (χ2n) is 4.54. The molecule has 0 aliphatic carbocycles. The van der Waals surface area contributed by atoms with Crippen molar-refractivity contribution in [1.82, 2.24) is 5.32 Å². The van der Waals surface area contributed by atoms with E-state index in [-0.39, 0.29) is 16.4 Å². The minimum atomic E-state index is -3.82. The average molecular weight is 363 g/mol. The summed E-state index contributed by atoms with van der Waals surface area (Å²) in [6, 6.07) is 4.21. The van der Waals surface area contributed by atoms with E-state index in [0.717, 1.165) is 25.7 Å². The zero-order valence-corrected chi connectivity index (χ0v) is 13.8. The largest absolute Gasteiger partial charge is 0.352 e. The van der Waals surface area contributed by atoms with Crippen LogP contribution in [0.25, 0.3) is 0 Å². The predicted octanol–water partition coefficient (Wildman–Crippen LogP) is 2.41. The smallest absolute Gasteiger partial charge is 0.251 e. The topological polar surface area (TPSA) is 89.3 Å². The predicted molar refractivity (Wildman–Crippen MR) is 82.0 cm³/mol. The van der Waals surface area contributed by atoms with Gasteiger partial charge in [-0.3, -0.25) is 4.79 Å². The minimum Gasteiger partial charge on any atom is -0.352 e. The number of benzene rings is 1. The van der Waals surface area contributed by atoms with Crippen LogP contribution in [0, 0.1) is 0 Å². The number of primary sulfonamides is 1. The maximum absolute atomic E-state index is 11.9. The Morgan fingerprint density at radius 3 is 2.55 bits per heavy atom. The lowest BCUT2D eigenvalue weighted by atomic mass is 10.2. The zero-order chi connectivity index (χ0) is 15.2. The summed E-state index contributed by atoms with van der Waals surface area (Å²) in [6.07, 6.45) is 4.26. The van der Waals surface area contributed by atoms with Gasteiger partial charge >= 0.3 is 0 Å². The molecule has 0 aliphatic heterocycles. The molecule has 0 spiro atoms. The number of sulfonamides is 1. The number of hydrogen-bond acceptors (Lipinski definition) is 3. The Kier molecular flexibility index (Phi) is 6.64. The van der Waals surface area contributed by atoms with Gasteiger partial charge in [-0.1, -0.05) is 42.1 Å². The fourth-order valence-corrected chi connectivity index (χ4v) is 2.94. The van der Waals surface area contributed by atoms with Gasteiger partial charge in [-0.2, -0.15) is 0 Å². The molecule has 0 bridgehead atoms. The molecule has 0 fully saturated rings. The van der Waals surface area contributed by atoms with Crippen LogP contribution in [0.4, 0.5) is 0 Å². The third-order valence-corrected chi connectivity index (χ3v) is 4.13. The van der Waals surface area contributed by atoms with Crippen molar-refractivity contribution in [1.29, 1.82) is 0 Å². The first-order valence-corrected chi connectivity index (χ1v) is 8.80. The fourth-order valence-electron chi connectivity index (χ4n) is 1.71. The van der Waals surface area contributed by atoms with E-state index >= 15 is 0 Å². The monoisotopic (exact) mass is 362 g/mol. The van der Waals surface area contributed by atoms with E-state index in [1.54, 1.807) is 6.07 Å². The normalized spacial score (nSPS) is 11.3. The molecule has 1 amide bonds. The molecule has 3 N–H and O–H groups in total. The highest BCUT2D eigenvalue weighted by Crippen LogP contribution is 2.18. The van der Waals surface area contributed by atoms with E-state index in [1.165, 1.54) is 12.1 Å². The van der Waals surface area contributed by atoms with Gasteiger partial charge in [-0.25, -0.2) is 13.6 Å². The van der Waals surface area contributed by atoms with Crippen LogP contribution in [0.2, 0.25) is 0 Å². The van der Waals surface area contributed by atoms with Gasteiger partial charge in [-0.05, 0) is 24.6 Å². The van der Waals surface area contributed by atoms with Crippen molar-refractivity contribution in [3.63, 3.8) is 0 Å². The SMILES string of the molecule is CCCCCCNC(=O)c1cc(Br)cc(S(N)(=O)=O)c1. The maximum atomic E-state index is 11.9.